The van der Waals surface area contributed by atoms with Crippen LogP contribution >= 0.6 is 0 Å². The molecule has 0 saturated carbocycles. The number of carbonyl (C=O) groups is 8. The molecule has 26 heteroatoms. The molecule has 0 unspecified atom stereocenters. The summed E-state index contributed by atoms with van der Waals surface area (Å²) >= 11 is 0. The Labute approximate surface area is 579 Å². The van der Waals surface area contributed by atoms with Gasteiger partial charge in [0.2, 0.25) is 34.8 Å². The molecule has 0 bridgehead atoms. The lowest BCUT2D eigenvalue weighted by molar-refractivity contribution is -0.139. The van der Waals surface area contributed by atoms with Crippen LogP contribution in [0.4, 0.5) is 26.3 Å². The van der Waals surface area contributed by atoms with Crippen molar-refractivity contribution in [3.8, 4) is 46.0 Å². The Morgan fingerprint density at radius 2 is 0.574 bits per heavy atom. The number of carbonyl (C=O) groups excluding carboxylic acids is 8. The second-order valence-electron chi connectivity index (χ2n) is 21.8. The first-order valence-electron chi connectivity index (χ1n) is 31.9. The van der Waals surface area contributed by atoms with Crippen LogP contribution in [0.2, 0.25) is 0 Å². The first-order valence-corrected chi connectivity index (χ1v) is 31.9. The highest BCUT2D eigenvalue weighted by Gasteiger charge is 2.28. The molecule has 538 valence electrons. The van der Waals surface area contributed by atoms with E-state index >= 15 is 0 Å². The zero-order chi connectivity index (χ0) is 73.6. The maximum atomic E-state index is 14.8. The van der Waals surface area contributed by atoms with E-state index in [0.29, 0.717) is 112 Å². The standard InChI is InChI=1S/C39H41F3O10.C36H35F3O10/c1-4-33(43)49-23-11-7-5-9-21-47-29-17-13-27(14-18-29)38(45)51-32-25-31(40)36(35(42)34(32)41)52-39(46)28-15-19-30(20-16-28)48-22-10-6-8-12-24-50-37(44)26(2)3;1-4-30(40)46-21-9-20-45-27-14-10-24(11-15-27)35(42)48-29-22-28(37)33(32(39)31(29)38)49-36(43)25-12-16-26(17-13-25)44-18-7-5-6-8-19-47-34(41)23(2)3/h4,13-20,25H,1-2,5-12,21-24H2,3H3;4,10-17,22H,1-2,5-9,18-21H2,3H3. The highest BCUT2D eigenvalue weighted by Crippen LogP contribution is 2.34. The number of halogens is 6. The SMILES string of the molecule is C=CC(=O)OCCCCCCOc1ccc(C(=O)Oc2cc(F)c(OC(=O)c3ccc(OCCCCCCOC(=O)C(=C)C)cc3)c(F)c2F)cc1.C=CC(=O)OCCCOc1ccc(C(=O)Oc2cc(F)c(OC(=O)c3ccc(OCCCCCCOC(=O)C(=C)C)cc3)c(F)c2F)cc1. The van der Waals surface area contributed by atoms with Crippen molar-refractivity contribution in [3.05, 3.63) is 216 Å². The Bertz CT molecular complexity index is 3820. The molecule has 0 aliphatic rings. The van der Waals surface area contributed by atoms with Gasteiger partial charge in [-0.05, 0) is 188 Å². The van der Waals surface area contributed by atoms with Crippen molar-refractivity contribution in [3.63, 3.8) is 0 Å². The van der Waals surface area contributed by atoms with Crippen LogP contribution in [0.3, 0.4) is 0 Å². The molecule has 0 radical (unpaired) electrons. The first-order chi connectivity index (χ1) is 48.5. The van der Waals surface area contributed by atoms with Crippen LogP contribution in [0, 0.1) is 34.9 Å². The number of hydrogen-bond acceptors (Lipinski definition) is 20. The zero-order valence-corrected chi connectivity index (χ0v) is 55.7. The largest absolute Gasteiger partial charge is 0.494 e. The Morgan fingerprint density at radius 1 is 0.327 bits per heavy atom. The average Bonchev–Trinajstić information content (AvgIpc) is 0.809. The van der Waals surface area contributed by atoms with Gasteiger partial charge < -0.3 is 56.8 Å². The third-order valence-corrected chi connectivity index (χ3v) is 13.8. The van der Waals surface area contributed by atoms with Gasteiger partial charge in [-0.3, -0.25) is 0 Å². The van der Waals surface area contributed by atoms with Gasteiger partial charge in [0.15, 0.2) is 23.1 Å². The molecule has 6 aromatic carbocycles. The van der Waals surface area contributed by atoms with Gasteiger partial charge in [-0.25, -0.2) is 47.1 Å². The third kappa shape index (κ3) is 28.3. The summed E-state index contributed by atoms with van der Waals surface area (Å²) < 4.78 is 150. The number of esters is 8. The van der Waals surface area contributed by atoms with Crippen molar-refractivity contribution < 1.29 is 122 Å². The molecule has 0 amide bonds. The van der Waals surface area contributed by atoms with E-state index in [9.17, 15) is 64.7 Å². The van der Waals surface area contributed by atoms with Gasteiger partial charge in [-0.15, -0.1) is 0 Å². The number of unbranched alkanes of at least 4 members (excludes halogenated alkanes) is 9. The predicted molar refractivity (Wildman–Crippen MR) is 354 cm³/mol. The van der Waals surface area contributed by atoms with Gasteiger partial charge in [0.25, 0.3) is 0 Å². The molecular formula is C75H76F6O20. The molecular weight excluding hydrogens is 1330 g/mol. The molecule has 0 atom stereocenters. The van der Waals surface area contributed by atoms with Gasteiger partial charge in [0, 0.05) is 41.9 Å². The fourth-order valence-electron chi connectivity index (χ4n) is 8.35. The van der Waals surface area contributed by atoms with Crippen molar-refractivity contribution in [1.29, 1.82) is 0 Å². The average molecular weight is 1410 g/mol. The highest BCUT2D eigenvalue weighted by molar-refractivity contribution is 5.94. The quantitative estimate of drug-likeness (QED) is 0.00658. The van der Waals surface area contributed by atoms with E-state index in [1.54, 1.807) is 13.8 Å². The van der Waals surface area contributed by atoms with Crippen molar-refractivity contribution in [2.24, 2.45) is 0 Å². The predicted octanol–water partition coefficient (Wildman–Crippen LogP) is 15.4. The minimum atomic E-state index is -1.87. The molecule has 0 fully saturated rings. The molecule has 0 aliphatic heterocycles. The van der Waals surface area contributed by atoms with Crippen LogP contribution in [0.1, 0.15) is 139 Å². The van der Waals surface area contributed by atoms with E-state index < -0.39 is 106 Å². The fraction of sp³-hybridized carbons (Fsp3) is 0.307. The molecule has 0 saturated heterocycles. The third-order valence-electron chi connectivity index (χ3n) is 13.8. The van der Waals surface area contributed by atoms with Crippen molar-refractivity contribution in [1.82, 2.24) is 0 Å². The highest BCUT2D eigenvalue weighted by atomic mass is 19.2. The van der Waals surface area contributed by atoms with Crippen LogP contribution in [-0.2, 0) is 38.1 Å². The number of rotatable bonds is 41. The van der Waals surface area contributed by atoms with Crippen molar-refractivity contribution in [2.75, 3.05) is 52.9 Å². The maximum Gasteiger partial charge on any atom is 0.343 e. The second-order valence-corrected chi connectivity index (χ2v) is 21.8. The van der Waals surface area contributed by atoms with E-state index in [-0.39, 0.29) is 35.5 Å². The molecule has 101 heavy (non-hydrogen) atoms. The van der Waals surface area contributed by atoms with Crippen LogP contribution in [0.25, 0.3) is 0 Å². The lowest BCUT2D eigenvalue weighted by atomic mass is 10.2. The number of hydrogen-bond donors (Lipinski definition) is 0. The Hall–Kier alpha value is -11.2. The topological polar surface area (TPSA) is 247 Å². The van der Waals surface area contributed by atoms with E-state index in [4.69, 9.17) is 56.8 Å². The summed E-state index contributed by atoms with van der Waals surface area (Å²) in [5.41, 5.74) is 0.420. The van der Waals surface area contributed by atoms with Gasteiger partial charge in [0.05, 0.1) is 75.1 Å². The Kier molecular flexibility index (Phi) is 34.5. The molecule has 0 aliphatic carbocycles. The van der Waals surface area contributed by atoms with Gasteiger partial charge in [0.1, 0.15) is 23.0 Å². The van der Waals surface area contributed by atoms with Gasteiger partial charge >= 0.3 is 47.8 Å². The van der Waals surface area contributed by atoms with Crippen LogP contribution in [-0.4, -0.2) is 101 Å². The normalized spacial score (nSPS) is 10.5. The zero-order valence-electron chi connectivity index (χ0n) is 55.7. The number of ether oxygens (including phenoxy) is 12. The maximum absolute atomic E-state index is 14.8. The molecule has 6 aromatic rings. The monoisotopic (exact) mass is 1410 g/mol. The summed E-state index contributed by atoms with van der Waals surface area (Å²) in [5.74, 6) is -19.5. The van der Waals surface area contributed by atoms with Crippen molar-refractivity contribution >= 4 is 47.8 Å². The second kappa shape index (κ2) is 43.3. The lowest BCUT2D eigenvalue weighted by Gasteiger charge is -2.12. The van der Waals surface area contributed by atoms with Crippen LogP contribution in [0.5, 0.6) is 46.0 Å². The smallest absolute Gasteiger partial charge is 0.343 e. The van der Waals surface area contributed by atoms with Gasteiger partial charge in [-0.2, -0.15) is 17.6 Å². The molecule has 0 heterocycles. The van der Waals surface area contributed by atoms with Crippen LogP contribution in [0.15, 0.2) is 159 Å². The van der Waals surface area contributed by atoms with Gasteiger partial charge in [-0.1, -0.05) is 26.3 Å². The first kappa shape index (κ1) is 80.5. The lowest BCUT2D eigenvalue weighted by Crippen LogP contribution is -2.14. The van der Waals surface area contributed by atoms with E-state index in [1.165, 1.54) is 97.1 Å². The van der Waals surface area contributed by atoms with Crippen molar-refractivity contribution in [2.45, 2.75) is 97.3 Å². The molecule has 0 aromatic heterocycles. The molecule has 6 rings (SSSR count). The Morgan fingerprint density at radius 3 is 0.851 bits per heavy atom. The van der Waals surface area contributed by atoms with E-state index in [2.05, 4.69) is 26.3 Å². The molecule has 0 spiro atoms. The minimum Gasteiger partial charge on any atom is -0.494 e. The van der Waals surface area contributed by atoms with Crippen LogP contribution < -0.4 is 37.9 Å². The Balaban J connectivity index is 0.000000364. The summed E-state index contributed by atoms with van der Waals surface area (Å²) in [5, 5.41) is 0. The summed E-state index contributed by atoms with van der Waals surface area (Å²) in [6.07, 6.45) is 11.9. The van der Waals surface area contributed by atoms with E-state index in [0.717, 1.165) is 69.9 Å². The summed E-state index contributed by atoms with van der Waals surface area (Å²) in [4.78, 5) is 94.9. The number of benzene rings is 6. The summed E-state index contributed by atoms with van der Waals surface area (Å²) in [7, 11) is 0. The minimum absolute atomic E-state index is 0.0385. The van der Waals surface area contributed by atoms with E-state index in [1.807, 2.05) is 0 Å². The summed E-state index contributed by atoms with van der Waals surface area (Å²) in [6, 6.07) is 23.0. The summed E-state index contributed by atoms with van der Waals surface area (Å²) in [6.45, 7) is 19.3. The molecule has 20 nitrogen and oxygen atoms in total. The fourth-order valence-corrected chi connectivity index (χ4v) is 8.35. The molecule has 0 N–H and O–H groups in total.